The van der Waals surface area contributed by atoms with E-state index in [0.717, 1.165) is 31.7 Å². The van der Waals surface area contributed by atoms with Crippen LogP contribution in [-0.2, 0) is 13.1 Å². The maximum atomic E-state index is 11.3. The second kappa shape index (κ2) is 8.33. The first-order valence-corrected chi connectivity index (χ1v) is 9.51. The molecule has 0 N–H and O–H groups in total. The topological polar surface area (TPSA) is 49.6 Å². The molecule has 3 aromatic rings. The molecular weight excluding hydrogens is 350 g/mol. The number of benzene rings is 3. The van der Waals surface area contributed by atoms with Crippen molar-refractivity contribution in [1.82, 2.24) is 9.80 Å². The number of nitrogens with zero attached hydrogens (tertiary/aromatic N) is 3. The maximum absolute atomic E-state index is 11.3. The van der Waals surface area contributed by atoms with Crippen LogP contribution in [0.3, 0.4) is 0 Å². The van der Waals surface area contributed by atoms with E-state index in [1.807, 2.05) is 18.2 Å². The maximum Gasteiger partial charge on any atom is 0.269 e. The predicted octanol–water partition coefficient (Wildman–Crippen LogP) is 4.61. The number of non-ortho nitro benzene ring substituents is 1. The van der Waals surface area contributed by atoms with E-state index in [2.05, 4.69) is 58.3 Å². The van der Waals surface area contributed by atoms with Gasteiger partial charge in [0, 0.05) is 38.3 Å². The lowest BCUT2D eigenvalue weighted by Gasteiger charge is -2.31. The van der Waals surface area contributed by atoms with E-state index in [1.165, 1.54) is 11.1 Å². The van der Waals surface area contributed by atoms with Gasteiger partial charge in [0.15, 0.2) is 0 Å². The second-order valence-corrected chi connectivity index (χ2v) is 7.14. The summed E-state index contributed by atoms with van der Waals surface area (Å²) in [5, 5.41) is 11.3. The van der Waals surface area contributed by atoms with Gasteiger partial charge in [-0.3, -0.25) is 19.9 Å². The lowest BCUT2D eigenvalue weighted by Crippen LogP contribution is -2.30. The minimum absolute atomic E-state index is 0.0142. The lowest BCUT2D eigenvalue weighted by molar-refractivity contribution is -0.385. The van der Waals surface area contributed by atoms with Gasteiger partial charge in [-0.2, -0.15) is 0 Å². The molecule has 28 heavy (non-hydrogen) atoms. The first-order valence-electron chi connectivity index (χ1n) is 9.51. The van der Waals surface area contributed by atoms with Crippen LogP contribution in [0.25, 0.3) is 0 Å². The highest BCUT2D eigenvalue weighted by Gasteiger charge is 2.33. The number of hydrogen-bond acceptors (Lipinski definition) is 4. The van der Waals surface area contributed by atoms with Gasteiger partial charge in [0.2, 0.25) is 0 Å². The summed E-state index contributed by atoms with van der Waals surface area (Å²) >= 11 is 0. The molecular formula is C23H23N3O2. The van der Waals surface area contributed by atoms with E-state index >= 15 is 0 Å². The van der Waals surface area contributed by atoms with Crippen molar-refractivity contribution in [2.75, 3.05) is 13.1 Å². The molecule has 0 bridgehead atoms. The Morgan fingerprint density at radius 3 is 1.82 bits per heavy atom. The van der Waals surface area contributed by atoms with Gasteiger partial charge in [0.25, 0.3) is 5.69 Å². The van der Waals surface area contributed by atoms with Crippen LogP contribution in [0.4, 0.5) is 5.69 Å². The van der Waals surface area contributed by atoms with Crippen LogP contribution in [0, 0.1) is 10.1 Å². The minimum atomic E-state index is -0.318. The normalized spacial score (nSPS) is 15.7. The lowest BCUT2D eigenvalue weighted by atomic mass is 10.1. The minimum Gasteiger partial charge on any atom is -0.278 e. The molecule has 142 valence electrons. The third kappa shape index (κ3) is 4.11. The largest absolute Gasteiger partial charge is 0.278 e. The number of nitro groups is 1. The Morgan fingerprint density at radius 1 is 0.786 bits per heavy atom. The number of rotatable bonds is 6. The molecule has 0 saturated carbocycles. The van der Waals surface area contributed by atoms with Crippen LogP contribution in [0.15, 0.2) is 84.9 Å². The summed E-state index contributed by atoms with van der Waals surface area (Å²) in [7, 11) is 0. The standard InChI is InChI=1S/C23H23N3O2/c27-26(28)22-13-7-12-21(16-22)23-24(17-19-8-3-1-4-9-19)14-15-25(23)18-20-10-5-2-6-11-20/h1-13,16,23H,14-15,17-18H2. The van der Waals surface area contributed by atoms with Gasteiger partial charge in [-0.25, -0.2) is 0 Å². The van der Waals surface area contributed by atoms with Gasteiger partial charge in [-0.15, -0.1) is 0 Å². The second-order valence-electron chi connectivity index (χ2n) is 7.14. The quantitative estimate of drug-likeness (QED) is 0.468. The van der Waals surface area contributed by atoms with Gasteiger partial charge < -0.3 is 0 Å². The van der Waals surface area contributed by atoms with Crippen molar-refractivity contribution < 1.29 is 4.92 Å². The summed E-state index contributed by atoms with van der Waals surface area (Å²) in [5.41, 5.74) is 3.61. The predicted molar refractivity (Wildman–Crippen MR) is 110 cm³/mol. The van der Waals surface area contributed by atoms with Gasteiger partial charge in [-0.1, -0.05) is 72.8 Å². The zero-order valence-electron chi connectivity index (χ0n) is 15.6. The van der Waals surface area contributed by atoms with Gasteiger partial charge in [-0.05, 0) is 16.7 Å². The van der Waals surface area contributed by atoms with E-state index in [0.29, 0.717) is 0 Å². The summed E-state index contributed by atoms with van der Waals surface area (Å²) in [6.07, 6.45) is 0.0142. The van der Waals surface area contributed by atoms with Crippen molar-refractivity contribution in [2.24, 2.45) is 0 Å². The van der Waals surface area contributed by atoms with E-state index in [1.54, 1.807) is 18.2 Å². The summed E-state index contributed by atoms with van der Waals surface area (Å²) in [6.45, 7) is 3.49. The molecule has 0 atom stereocenters. The first kappa shape index (κ1) is 18.3. The molecule has 1 fully saturated rings. The molecule has 0 spiro atoms. The molecule has 0 aliphatic carbocycles. The van der Waals surface area contributed by atoms with E-state index in [4.69, 9.17) is 0 Å². The summed E-state index contributed by atoms with van der Waals surface area (Å²) in [4.78, 5) is 15.8. The zero-order chi connectivity index (χ0) is 19.3. The third-order valence-corrected chi connectivity index (χ3v) is 5.20. The molecule has 1 heterocycles. The Morgan fingerprint density at radius 2 is 1.32 bits per heavy atom. The Labute approximate surface area is 165 Å². The van der Waals surface area contributed by atoms with Crippen molar-refractivity contribution in [2.45, 2.75) is 19.3 Å². The molecule has 5 nitrogen and oxygen atoms in total. The van der Waals surface area contributed by atoms with Crippen LogP contribution >= 0.6 is 0 Å². The molecule has 5 heteroatoms. The summed E-state index contributed by atoms with van der Waals surface area (Å²) < 4.78 is 0. The summed E-state index contributed by atoms with van der Waals surface area (Å²) in [5.74, 6) is 0. The SMILES string of the molecule is O=[N+]([O-])c1cccc(C2N(Cc3ccccc3)CCN2Cc2ccccc2)c1. The fourth-order valence-electron chi connectivity index (χ4n) is 3.92. The number of nitro benzene ring substituents is 1. The Balaban J connectivity index is 1.64. The highest BCUT2D eigenvalue weighted by Crippen LogP contribution is 2.34. The van der Waals surface area contributed by atoms with Crippen LogP contribution in [0.5, 0.6) is 0 Å². The number of hydrogen-bond donors (Lipinski definition) is 0. The van der Waals surface area contributed by atoms with E-state index in [9.17, 15) is 10.1 Å². The van der Waals surface area contributed by atoms with Crippen LogP contribution < -0.4 is 0 Å². The van der Waals surface area contributed by atoms with Crippen LogP contribution in [-0.4, -0.2) is 27.8 Å². The Kier molecular flexibility index (Phi) is 5.46. The first-order chi connectivity index (χ1) is 13.7. The van der Waals surface area contributed by atoms with Crippen molar-refractivity contribution in [3.8, 4) is 0 Å². The molecule has 0 amide bonds. The molecule has 0 aromatic heterocycles. The molecule has 4 rings (SSSR count). The van der Waals surface area contributed by atoms with E-state index < -0.39 is 0 Å². The van der Waals surface area contributed by atoms with Gasteiger partial charge in [0.1, 0.15) is 0 Å². The Hall–Kier alpha value is -3.02. The van der Waals surface area contributed by atoms with Crippen LogP contribution in [0.1, 0.15) is 22.9 Å². The molecule has 0 unspecified atom stereocenters. The van der Waals surface area contributed by atoms with Crippen molar-refractivity contribution in [1.29, 1.82) is 0 Å². The molecule has 1 aliphatic rings. The van der Waals surface area contributed by atoms with Crippen LogP contribution in [0.2, 0.25) is 0 Å². The monoisotopic (exact) mass is 373 g/mol. The molecule has 0 radical (unpaired) electrons. The van der Waals surface area contributed by atoms with Gasteiger partial charge >= 0.3 is 0 Å². The Bertz CT molecular complexity index is 881. The van der Waals surface area contributed by atoms with Crippen molar-refractivity contribution in [3.05, 3.63) is 112 Å². The van der Waals surface area contributed by atoms with Crippen molar-refractivity contribution in [3.63, 3.8) is 0 Å². The fourth-order valence-corrected chi connectivity index (χ4v) is 3.92. The van der Waals surface area contributed by atoms with Crippen molar-refractivity contribution >= 4 is 5.69 Å². The third-order valence-electron chi connectivity index (χ3n) is 5.20. The average molecular weight is 373 g/mol. The van der Waals surface area contributed by atoms with Gasteiger partial charge in [0.05, 0.1) is 11.1 Å². The fraction of sp³-hybridized carbons (Fsp3) is 0.217. The highest BCUT2D eigenvalue weighted by molar-refractivity contribution is 5.36. The zero-order valence-corrected chi connectivity index (χ0v) is 15.6. The molecule has 1 saturated heterocycles. The smallest absolute Gasteiger partial charge is 0.269 e. The molecule has 3 aromatic carbocycles. The highest BCUT2D eigenvalue weighted by atomic mass is 16.6. The molecule has 1 aliphatic heterocycles. The average Bonchev–Trinajstić information content (AvgIpc) is 3.11. The summed E-state index contributed by atoms with van der Waals surface area (Å²) in [6, 6.07) is 27.8. The van der Waals surface area contributed by atoms with E-state index in [-0.39, 0.29) is 16.8 Å².